The summed E-state index contributed by atoms with van der Waals surface area (Å²) in [7, 11) is 0. The third-order valence-electron chi connectivity index (χ3n) is 6.19. The van der Waals surface area contributed by atoms with Crippen molar-refractivity contribution in [1.29, 1.82) is 0 Å². The highest BCUT2D eigenvalue weighted by Crippen LogP contribution is 2.34. The molecule has 1 atom stereocenters. The van der Waals surface area contributed by atoms with E-state index in [4.69, 9.17) is 4.74 Å². The Bertz CT molecular complexity index is 1650. The standard InChI is InChI=1S/C29H19F3N4O5S/c30-29(31,32)20-10-6-17(7-11-20)22-15-33-35-28(34-22)42-24-14-25(38)36(26(24)39)21-12-8-19(9-13-21)27(40)41-16-23(37)18-4-2-1-3-5-18/h1-13,15,24H,14,16H2. The number of carbonyl (C=O) groups excluding carboxylic acids is 4. The van der Waals surface area contributed by atoms with E-state index in [9.17, 15) is 32.3 Å². The van der Waals surface area contributed by atoms with Crippen molar-refractivity contribution in [1.82, 2.24) is 15.2 Å². The molecule has 1 fully saturated rings. The fourth-order valence-corrected chi connectivity index (χ4v) is 5.00. The van der Waals surface area contributed by atoms with Gasteiger partial charge in [0.25, 0.3) is 0 Å². The number of ether oxygens (including phenoxy) is 1. The maximum absolute atomic E-state index is 13.1. The number of benzene rings is 3. The van der Waals surface area contributed by atoms with E-state index in [0.29, 0.717) is 11.1 Å². The first kappa shape index (κ1) is 28.6. The van der Waals surface area contributed by atoms with Crippen LogP contribution in [0.25, 0.3) is 11.3 Å². The van der Waals surface area contributed by atoms with E-state index in [-0.39, 0.29) is 34.3 Å². The van der Waals surface area contributed by atoms with Crippen molar-refractivity contribution < 1.29 is 37.1 Å². The minimum absolute atomic E-state index is 0.0727. The molecule has 3 aromatic carbocycles. The quantitative estimate of drug-likeness (QED) is 0.158. The van der Waals surface area contributed by atoms with Gasteiger partial charge in [0.05, 0.1) is 28.7 Å². The Morgan fingerprint density at radius 1 is 0.929 bits per heavy atom. The van der Waals surface area contributed by atoms with Gasteiger partial charge in [0.2, 0.25) is 17.0 Å². The molecular weight excluding hydrogens is 573 g/mol. The topological polar surface area (TPSA) is 119 Å². The summed E-state index contributed by atoms with van der Waals surface area (Å²) >= 11 is 0.910. The van der Waals surface area contributed by atoms with Crippen molar-refractivity contribution in [3.05, 3.63) is 102 Å². The van der Waals surface area contributed by atoms with Gasteiger partial charge in [-0.3, -0.25) is 14.4 Å². The Hall–Kier alpha value is -4.91. The Kier molecular flexibility index (Phi) is 8.11. The van der Waals surface area contributed by atoms with Gasteiger partial charge in [0.1, 0.15) is 5.25 Å². The van der Waals surface area contributed by atoms with Crippen LogP contribution in [0.4, 0.5) is 18.9 Å². The lowest BCUT2D eigenvalue weighted by Gasteiger charge is -2.15. The number of amides is 2. The van der Waals surface area contributed by atoms with Gasteiger partial charge in [-0.1, -0.05) is 54.2 Å². The average Bonchev–Trinajstić information content (AvgIpc) is 3.27. The van der Waals surface area contributed by atoms with Crippen LogP contribution in [0.15, 0.2) is 90.2 Å². The number of hydrogen-bond donors (Lipinski definition) is 0. The van der Waals surface area contributed by atoms with Gasteiger partial charge in [0, 0.05) is 17.5 Å². The maximum Gasteiger partial charge on any atom is 0.416 e. The molecule has 9 nitrogen and oxygen atoms in total. The third-order valence-corrected chi connectivity index (χ3v) is 7.23. The summed E-state index contributed by atoms with van der Waals surface area (Å²) in [6, 6.07) is 18.3. The predicted octanol–water partition coefficient (Wildman–Crippen LogP) is 5.02. The maximum atomic E-state index is 13.1. The molecule has 0 N–H and O–H groups in total. The molecule has 42 heavy (non-hydrogen) atoms. The van der Waals surface area contributed by atoms with Crippen molar-refractivity contribution in [2.24, 2.45) is 0 Å². The molecule has 1 aliphatic heterocycles. The summed E-state index contributed by atoms with van der Waals surface area (Å²) in [5.41, 5.74) is 0.598. The van der Waals surface area contributed by atoms with Gasteiger partial charge < -0.3 is 4.74 Å². The van der Waals surface area contributed by atoms with Crippen LogP contribution in [-0.4, -0.2) is 50.6 Å². The number of imide groups is 1. The van der Waals surface area contributed by atoms with Crippen molar-refractivity contribution >= 4 is 41.0 Å². The number of thioether (sulfide) groups is 1. The number of ketones is 1. The molecule has 2 amide bonds. The second-order valence-electron chi connectivity index (χ2n) is 8.99. The van der Waals surface area contributed by atoms with E-state index < -0.39 is 41.4 Å². The Labute approximate surface area is 240 Å². The van der Waals surface area contributed by atoms with Crippen LogP contribution < -0.4 is 4.90 Å². The molecule has 1 aliphatic rings. The minimum atomic E-state index is -4.47. The van der Waals surface area contributed by atoms with Crippen LogP contribution in [-0.2, 0) is 20.5 Å². The van der Waals surface area contributed by atoms with Crippen LogP contribution >= 0.6 is 11.8 Å². The molecule has 2 heterocycles. The number of Topliss-reactive ketones (excluding diaryl/α,β-unsaturated/α-hetero) is 1. The van der Waals surface area contributed by atoms with Gasteiger partial charge >= 0.3 is 12.1 Å². The van der Waals surface area contributed by atoms with Crippen molar-refractivity contribution in [2.45, 2.75) is 23.0 Å². The number of rotatable bonds is 8. The fraction of sp³-hybridized carbons (Fsp3) is 0.138. The monoisotopic (exact) mass is 592 g/mol. The smallest absolute Gasteiger partial charge is 0.416 e. The van der Waals surface area contributed by atoms with Gasteiger partial charge in [-0.15, -0.1) is 5.10 Å². The van der Waals surface area contributed by atoms with Crippen molar-refractivity contribution in [3.63, 3.8) is 0 Å². The van der Waals surface area contributed by atoms with Crippen LogP contribution in [0.1, 0.15) is 32.7 Å². The summed E-state index contributed by atoms with van der Waals surface area (Å²) in [6.07, 6.45) is -3.34. The number of alkyl halides is 3. The number of aromatic nitrogens is 3. The SMILES string of the molecule is O=C(COC(=O)c1ccc(N2C(=O)CC(Sc3nncc(-c4ccc(C(F)(F)F)cc4)n3)C2=O)cc1)c1ccccc1. The van der Waals surface area contributed by atoms with Gasteiger partial charge in [0.15, 0.2) is 12.4 Å². The van der Waals surface area contributed by atoms with E-state index >= 15 is 0 Å². The summed E-state index contributed by atoms with van der Waals surface area (Å²) in [4.78, 5) is 55.7. The lowest BCUT2D eigenvalue weighted by atomic mass is 10.1. The first-order valence-electron chi connectivity index (χ1n) is 12.4. The molecule has 1 saturated heterocycles. The molecule has 13 heteroatoms. The molecule has 4 aromatic rings. The molecule has 212 valence electrons. The zero-order valence-corrected chi connectivity index (χ0v) is 22.3. The molecule has 5 rings (SSSR count). The second-order valence-corrected chi connectivity index (χ2v) is 10.2. The molecule has 0 bridgehead atoms. The van der Waals surface area contributed by atoms with E-state index in [0.717, 1.165) is 28.8 Å². The van der Waals surface area contributed by atoms with Crippen LogP contribution in [0.5, 0.6) is 0 Å². The highest BCUT2D eigenvalue weighted by molar-refractivity contribution is 8.00. The number of halogens is 3. The summed E-state index contributed by atoms with van der Waals surface area (Å²) in [5, 5.41) is 6.93. The minimum Gasteiger partial charge on any atom is -0.454 e. The predicted molar refractivity (Wildman–Crippen MR) is 145 cm³/mol. The third kappa shape index (κ3) is 6.36. The summed E-state index contributed by atoms with van der Waals surface area (Å²) < 4.78 is 43.7. The molecule has 0 spiro atoms. The number of esters is 1. The normalized spacial score (nSPS) is 15.1. The van der Waals surface area contributed by atoms with E-state index in [1.54, 1.807) is 30.3 Å². The van der Waals surface area contributed by atoms with E-state index in [2.05, 4.69) is 15.2 Å². The van der Waals surface area contributed by atoms with Crippen LogP contribution in [0.2, 0.25) is 0 Å². The largest absolute Gasteiger partial charge is 0.454 e. The first-order valence-corrected chi connectivity index (χ1v) is 13.2. The van der Waals surface area contributed by atoms with E-state index in [1.165, 1.54) is 42.6 Å². The number of nitrogens with zero attached hydrogens (tertiary/aromatic N) is 4. The highest BCUT2D eigenvalue weighted by Gasteiger charge is 2.41. The van der Waals surface area contributed by atoms with Crippen LogP contribution in [0.3, 0.4) is 0 Å². The average molecular weight is 593 g/mol. The molecule has 1 aromatic heterocycles. The Morgan fingerprint density at radius 3 is 2.29 bits per heavy atom. The lowest BCUT2D eigenvalue weighted by molar-refractivity contribution is -0.137. The molecule has 0 aliphatic carbocycles. The zero-order chi connectivity index (χ0) is 29.9. The Balaban J connectivity index is 1.22. The number of anilines is 1. The fourth-order valence-electron chi connectivity index (χ4n) is 4.07. The number of carbonyl (C=O) groups is 4. The molecule has 0 saturated carbocycles. The zero-order valence-electron chi connectivity index (χ0n) is 21.4. The second kappa shape index (κ2) is 11.9. The molecular formula is C29H19F3N4O5S. The highest BCUT2D eigenvalue weighted by atomic mass is 32.2. The summed E-state index contributed by atoms with van der Waals surface area (Å²) in [6.45, 7) is -0.441. The lowest BCUT2D eigenvalue weighted by Crippen LogP contribution is -2.31. The van der Waals surface area contributed by atoms with Crippen LogP contribution in [0, 0.1) is 0 Å². The van der Waals surface area contributed by atoms with Crippen molar-refractivity contribution in [3.8, 4) is 11.3 Å². The number of hydrogen-bond acceptors (Lipinski definition) is 9. The molecule has 1 unspecified atom stereocenters. The van der Waals surface area contributed by atoms with E-state index in [1.807, 2.05) is 0 Å². The van der Waals surface area contributed by atoms with Gasteiger partial charge in [-0.2, -0.15) is 18.3 Å². The van der Waals surface area contributed by atoms with Crippen molar-refractivity contribution in [2.75, 3.05) is 11.5 Å². The van der Waals surface area contributed by atoms with Gasteiger partial charge in [-0.05, 0) is 36.4 Å². The molecule has 0 radical (unpaired) electrons. The van der Waals surface area contributed by atoms with Gasteiger partial charge in [-0.25, -0.2) is 14.7 Å². The Morgan fingerprint density at radius 2 is 1.62 bits per heavy atom. The summed E-state index contributed by atoms with van der Waals surface area (Å²) in [5.74, 6) is -2.11. The first-order chi connectivity index (χ1) is 20.1.